The summed E-state index contributed by atoms with van der Waals surface area (Å²) in [5, 5.41) is 9.33. The lowest BCUT2D eigenvalue weighted by Gasteiger charge is -2.26. The molecule has 0 aliphatic carbocycles. The Morgan fingerprint density at radius 3 is 2.70 bits per heavy atom. The molecule has 0 radical (unpaired) electrons. The average molecular weight is 371 g/mol. The Morgan fingerprint density at radius 2 is 2.00 bits per heavy atom. The summed E-state index contributed by atoms with van der Waals surface area (Å²) in [4.78, 5) is 26.0. The number of hydrogen-bond donors (Lipinski definition) is 1. The first-order chi connectivity index (χ1) is 13.0. The molecule has 0 spiro atoms. The molecule has 1 atom stereocenters. The minimum Gasteiger partial charge on any atom is -0.478 e. The van der Waals surface area contributed by atoms with E-state index in [1.54, 1.807) is 35.2 Å². The second-order valence-electron chi connectivity index (χ2n) is 6.68. The second-order valence-corrected chi connectivity index (χ2v) is 6.68. The highest BCUT2D eigenvalue weighted by molar-refractivity contribution is 5.91. The Bertz CT molecular complexity index is 817. The SMILES string of the molecule is O=C(O)c1ccccc1CC(=O)N(Cc1cccc(F)c1)CC1CCCO1. The predicted octanol–water partition coefficient (Wildman–Crippen LogP) is 3.27. The van der Waals surface area contributed by atoms with Crippen LogP contribution in [0, 0.1) is 5.82 Å². The van der Waals surface area contributed by atoms with Crippen molar-refractivity contribution in [1.82, 2.24) is 4.90 Å². The van der Waals surface area contributed by atoms with E-state index in [0.717, 1.165) is 12.8 Å². The van der Waals surface area contributed by atoms with E-state index in [2.05, 4.69) is 0 Å². The quantitative estimate of drug-likeness (QED) is 0.811. The molecule has 0 bridgehead atoms. The van der Waals surface area contributed by atoms with Crippen LogP contribution in [0.15, 0.2) is 48.5 Å². The highest BCUT2D eigenvalue weighted by atomic mass is 19.1. The summed E-state index contributed by atoms with van der Waals surface area (Å²) < 4.78 is 19.2. The summed E-state index contributed by atoms with van der Waals surface area (Å²) in [5.41, 5.74) is 1.27. The molecular weight excluding hydrogens is 349 g/mol. The van der Waals surface area contributed by atoms with E-state index in [1.807, 2.05) is 0 Å². The molecule has 0 aromatic heterocycles. The number of halogens is 1. The van der Waals surface area contributed by atoms with Crippen LogP contribution in [0.4, 0.5) is 4.39 Å². The molecule has 1 aliphatic rings. The van der Waals surface area contributed by atoms with Crippen molar-refractivity contribution in [3.05, 3.63) is 71.0 Å². The van der Waals surface area contributed by atoms with Gasteiger partial charge in [-0.05, 0) is 42.2 Å². The number of carbonyl (C=O) groups excluding carboxylic acids is 1. The number of ether oxygens (including phenoxy) is 1. The molecule has 142 valence electrons. The topological polar surface area (TPSA) is 66.8 Å². The Labute approximate surface area is 157 Å². The van der Waals surface area contributed by atoms with Gasteiger partial charge in [0.2, 0.25) is 5.91 Å². The van der Waals surface area contributed by atoms with Crippen molar-refractivity contribution in [2.24, 2.45) is 0 Å². The molecule has 0 saturated carbocycles. The molecule has 27 heavy (non-hydrogen) atoms. The molecule has 5 nitrogen and oxygen atoms in total. The summed E-state index contributed by atoms with van der Waals surface area (Å²) in [6.07, 6.45) is 1.76. The number of carboxylic acids is 1. The van der Waals surface area contributed by atoms with Gasteiger partial charge in [-0.2, -0.15) is 0 Å². The van der Waals surface area contributed by atoms with Crippen LogP contribution in [0.1, 0.15) is 34.3 Å². The first-order valence-electron chi connectivity index (χ1n) is 8.98. The molecule has 1 heterocycles. The van der Waals surface area contributed by atoms with Crippen LogP contribution in [-0.4, -0.2) is 41.1 Å². The van der Waals surface area contributed by atoms with Crippen LogP contribution in [0.2, 0.25) is 0 Å². The molecule has 2 aromatic rings. The minimum atomic E-state index is -1.06. The van der Waals surface area contributed by atoms with Crippen LogP contribution in [0.25, 0.3) is 0 Å². The van der Waals surface area contributed by atoms with Gasteiger partial charge in [0.1, 0.15) is 5.82 Å². The fraction of sp³-hybridized carbons (Fsp3) is 0.333. The van der Waals surface area contributed by atoms with Crippen molar-refractivity contribution in [1.29, 1.82) is 0 Å². The van der Waals surface area contributed by atoms with Crippen molar-refractivity contribution in [3.63, 3.8) is 0 Å². The fourth-order valence-corrected chi connectivity index (χ4v) is 3.30. The van der Waals surface area contributed by atoms with Gasteiger partial charge >= 0.3 is 5.97 Å². The Kier molecular flexibility index (Phi) is 6.19. The molecule has 1 amide bonds. The number of benzene rings is 2. The van der Waals surface area contributed by atoms with Gasteiger partial charge in [-0.25, -0.2) is 9.18 Å². The number of amides is 1. The van der Waals surface area contributed by atoms with Gasteiger partial charge in [0.15, 0.2) is 0 Å². The zero-order chi connectivity index (χ0) is 19.2. The maximum Gasteiger partial charge on any atom is 0.335 e. The number of carbonyl (C=O) groups is 2. The average Bonchev–Trinajstić information content (AvgIpc) is 3.14. The van der Waals surface area contributed by atoms with E-state index in [4.69, 9.17) is 4.74 Å². The summed E-state index contributed by atoms with van der Waals surface area (Å²) in [5.74, 6) is -1.62. The van der Waals surface area contributed by atoms with Gasteiger partial charge in [0, 0.05) is 19.7 Å². The zero-order valence-corrected chi connectivity index (χ0v) is 14.9. The minimum absolute atomic E-state index is 0.0233. The first-order valence-corrected chi connectivity index (χ1v) is 8.98. The normalized spacial score (nSPS) is 16.3. The lowest BCUT2D eigenvalue weighted by Crippen LogP contribution is -2.38. The number of carboxylic acid groups (broad SMARTS) is 1. The van der Waals surface area contributed by atoms with E-state index < -0.39 is 5.97 Å². The summed E-state index contributed by atoms with van der Waals surface area (Å²) in [7, 11) is 0. The number of hydrogen-bond acceptors (Lipinski definition) is 3. The lowest BCUT2D eigenvalue weighted by molar-refractivity contribution is -0.132. The molecule has 6 heteroatoms. The molecule has 1 aliphatic heterocycles. The van der Waals surface area contributed by atoms with Crippen LogP contribution in [0.3, 0.4) is 0 Å². The van der Waals surface area contributed by atoms with Gasteiger partial charge in [0.05, 0.1) is 18.1 Å². The van der Waals surface area contributed by atoms with Crippen molar-refractivity contribution >= 4 is 11.9 Å². The van der Waals surface area contributed by atoms with E-state index >= 15 is 0 Å². The highest BCUT2D eigenvalue weighted by Gasteiger charge is 2.24. The van der Waals surface area contributed by atoms with Crippen LogP contribution < -0.4 is 0 Å². The second kappa shape index (κ2) is 8.77. The maximum atomic E-state index is 13.5. The molecular formula is C21H22FNO4. The first kappa shape index (κ1) is 19.0. The zero-order valence-electron chi connectivity index (χ0n) is 14.9. The third kappa shape index (κ3) is 5.14. The smallest absolute Gasteiger partial charge is 0.335 e. The van der Waals surface area contributed by atoms with Crippen molar-refractivity contribution in [3.8, 4) is 0 Å². The van der Waals surface area contributed by atoms with Gasteiger partial charge in [-0.1, -0.05) is 30.3 Å². The van der Waals surface area contributed by atoms with Crippen molar-refractivity contribution in [2.45, 2.75) is 31.9 Å². The third-order valence-electron chi connectivity index (χ3n) is 4.65. The largest absolute Gasteiger partial charge is 0.478 e. The number of nitrogens with zero attached hydrogens (tertiary/aromatic N) is 1. The molecule has 3 rings (SSSR count). The molecule has 1 fully saturated rings. The summed E-state index contributed by atoms with van der Waals surface area (Å²) in [6, 6.07) is 12.6. The van der Waals surface area contributed by atoms with Crippen LogP contribution >= 0.6 is 0 Å². The van der Waals surface area contributed by atoms with Crippen LogP contribution in [-0.2, 0) is 22.5 Å². The Morgan fingerprint density at radius 1 is 1.19 bits per heavy atom. The van der Waals surface area contributed by atoms with Crippen molar-refractivity contribution < 1.29 is 23.8 Å². The molecule has 2 aromatic carbocycles. The van der Waals surface area contributed by atoms with Gasteiger partial charge in [-0.15, -0.1) is 0 Å². The van der Waals surface area contributed by atoms with E-state index in [-0.39, 0.29) is 36.4 Å². The Hall–Kier alpha value is -2.73. The van der Waals surface area contributed by atoms with Gasteiger partial charge < -0.3 is 14.7 Å². The summed E-state index contributed by atoms with van der Waals surface area (Å²) in [6.45, 7) is 1.34. The van der Waals surface area contributed by atoms with Crippen molar-refractivity contribution in [2.75, 3.05) is 13.2 Å². The maximum absolute atomic E-state index is 13.5. The monoisotopic (exact) mass is 371 g/mol. The van der Waals surface area contributed by atoms with E-state index in [0.29, 0.717) is 24.3 Å². The lowest BCUT2D eigenvalue weighted by atomic mass is 10.0. The molecule has 1 unspecified atom stereocenters. The van der Waals surface area contributed by atoms with Crippen LogP contribution in [0.5, 0.6) is 0 Å². The summed E-state index contributed by atoms with van der Waals surface area (Å²) >= 11 is 0. The molecule has 1 N–H and O–H groups in total. The van der Waals surface area contributed by atoms with E-state index in [1.165, 1.54) is 18.2 Å². The fourth-order valence-electron chi connectivity index (χ4n) is 3.30. The number of aromatic carboxylic acids is 1. The molecule has 1 saturated heterocycles. The van der Waals surface area contributed by atoms with E-state index in [9.17, 15) is 19.1 Å². The van der Waals surface area contributed by atoms with Gasteiger partial charge in [-0.3, -0.25) is 4.79 Å². The standard InChI is InChI=1S/C21H22FNO4/c22-17-7-3-5-15(11-17)13-23(14-18-8-4-10-27-18)20(24)12-16-6-1-2-9-19(16)21(25)26/h1-3,5-7,9,11,18H,4,8,10,12-14H2,(H,25,26). The third-order valence-corrected chi connectivity index (χ3v) is 4.65. The Balaban J connectivity index is 1.78. The highest BCUT2D eigenvalue weighted by Crippen LogP contribution is 2.18. The predicted molar refractivity (Wildman–Crippen MR) is 97.9 cm³/mol. The number of rotatable bonds is 7. The van der Waals surface area contributed by atoms with Gasteiger partial charge in [0.25, 0.3) is 0 Å².